The summed E-state index contributed by atoms with van der Waals surface area (Å²) in [5, 5.41) is 5.03. The van der Waals surface area contributed by atoms with Gasteiger partial charge in [0.1, 0.15) is 0 Å². The van der Waals surface area contributed by atoms with Gasteiger partial charge in [-0.1, -0.05) is 55.8 Å². The van der Waals surface area contributed by atoms with E-state index < -0.39 is 73.8 Å². The Morgan fingerprint density at radius 1 is 0.976 bits per heavy atom. The zero-order valence-electron chi connectivity index (χ0n) is 23.2. The Bertz CT molecular complexity index is 1350. The second-order valence-corrected chi connectivity index (χ2v) is 10.6. The van der Waals surface area contributed by atoms with Gasteiger partial charge in [0.25, 0.3) is 5.91 Å². The molecular weight excluding hydrogens is 566 g/mol. The van der Waals surface area contributed by atoms with Gasteiger partial charge in [0, 0.05) is 35.8 Å². The van der Waals surface area contributed by atoms with Crippen molar-refractivity contribution in [1.29, 1.82) is 0 Å². The van der Waals surface area contributed by atoms with E-state index in [0.29, 0.717) is 22.5 Å². The van der Waals surface area contributed by atoms with Crippen molar-refractivity contribution in [2.75, 3.05) is 5.32 Å². The molecule has 7 nitrogen and oxygen atoms in total. The summed E-state index contributed by atoms with van der Waals surface area (Å²) in [6.07, 6.45) is -16.3. The van der Waals surface area contributed by atoms with Gasteiger partial charge < -0.3 is 16.4 Å². The number of nitrogens with two attached hydrogens (primary N) is 1. The number of amides is 3. The average Bonchev–Trinajstić information content (AvgIpc) is 3.00. The lowest BCUT2D eigenvalue weighted by Gasteiger charge is -2.26. The van der Waals surface area contributed by atoms with Crippen LogP contribution in [0.4, 0.5) is 32.0 Å². The zero-order chi connectivity index (χ0) is 31.4. The molecule has 0 aliphatic carbocycles. The number of nitrogens with zero attached hydrogens (tertiary/aromatic N) is 1. The highest BCUT2D eigenvalue weighted by Crippen LogP contribution is 2.34. The number of anilines is 1. The van der Waals surface area contributed by atoms with Crippen molar-refractivity contribution < 1.29 is 40.7 Å². The number of nitrogens with one attached hydrogen (secondary N) is 2. The van der Waals surface area contributed by atoms with Crippen LogP contribution in [0, 0.1) is 18.8 Å². The number of carbonyl (C=O) groups is 3. The quantitative estimate of drug-likeness (QED) is 0.303. The number of benzodiazepines with no additional fused rings is 1. The lowest BCUT2D eigenvalue weighted by atomic mass is 9.83. The minimum Gasteiger partial charge on any atom is -0.369 e. The predicted molar refractivity (Wildman–Crippen MR) is 145 cm³/mol. The summed E-state index contributed by atoms with van der Waals surface area (Å²) in [6, 6.07) is 12.4. The first kappa shape index (κ1) is 32.6. The van der Waals surface area contributed by atoms with E-state index in [0.717, 1.165) is 11.1 Å². The largest absolute Gasteiger partial charge is 0.389 e. The summed E-state index contributed by atoms with van der Waals surface area (Å²) < 4.78 is 78.1. The molecule has 0 aromatic heterocycles. The second kappa shape index (κ2) is 13.0. The first-order chi connectivity index (χ1) is 19.5. The topological polar surface area (TPSA) is 114 Å². The number of alkyl halides is 6. The third-order valence-corrected chi connectivity index (χ3v) is 6.96. The third kappa shape index (κ3) is 8.56. The van der Waals surface area contributed by atoms with E-state index in [1.165, 1.54) is 0 Å². The normalized spacial score (nSPS) is 17.0. The molecule has 3 rings (SSSR count). The lowest BCUT2D eigenvalue weighted by Crippen LogP contribution is -2.48. The monoisotopic (exact) mass is 598 g/mol. The van der Waals surface area contributed by atoms with Gasteiger partial charge in [-0.2, -0.15) is 26.3 Å². The molecule has 3 atom stereocenters. The number of rotatable bonds is 10. The number of halogens is 6. The van der Waals surface area contributed by atoms with E-state index in [9.17, 15) is 40.7 Å². The van der Waals surface area contributed by atoms with Crippen LogP contribution >= 0.6 is 0 Å². The number of aliphatic imine (C=N–C) groups is 1. The third-order valence-electron chi connectivity index (χ3n) is 6.96. The maximum absolute atomic E-state index is 13.4. The Hall–Kier alpha value is -3.90. The molecule has 0 radical (unpaired) electrons. The summed E-state index contributed by atoms with van der Waals surface area (Å²) in [7, 11) is 0. The Kier molecular flexibility index (Phi) is 10.1. The van der Waals surface area contributed by atoms with E-state index in [1.54, 1.807) is 30.3 Å². The summed E-state index contributed by atoms with van der Waals surface area (Å²) in [5.74, 6) is -7.22. The fourth-order valence-electron chi connectivity index (χ4n) is 4.89. The number of aryl methyl sites for hydroxylation is 1. The molecule has 0 saturated heterocycles. The smallest absolute Gasteiger partial charge is 0.369 e. The first-order valence-electron chi connectivity index (χ1n) is 13.3. The van der Waals surface area contributed by atoms with Crippen LogP contribution < -0.4 is 16.4 Å². The van der Waals surface area contributed by atoms with Crippen LogP contribution in [0.1, 0.15) is 67.7 Å². The van der Waals surface area contributed by atoms with Crippen LogP contribution in [0.5, 0.6) is 0 Å². The molecule has 2 aromatic rings. The number of primary amides is 1. The SMILES string of the molecule is Cc1cccc(C2=N[C@H](NC(=O)[C@@H](CCC(F)(F)F)[C@@H](CCC(F)(F)F)C(N)=O)C(=O)Nc3c2cccc3C(C)C)c1. The van der Waals surface area contributed by atoms with Crippen LogP contribution in [-0.2, 0) is 14.4 Å². The van der Waals surface area contributed by atoms with Gasteiger partial charge in [-0.3, -0.25) is 14.4 Å². The fraction of sp³-hybridized carbons (Fsp3) is 0.448. The minimum atomic E-state index is -4.77. The van der Waals surface area contributed by atoms with E-state index in [1.807, 2.05) is 32.9 Å². The molecular formula is C29H32F6N4O3. The van der Waals surface area contributed by atoms with E-state index in [2.05, 4.69) is 15.6 Å². The van der Waals surface area contributed by atoms with Crippen LogP contribution in [0.15, 0.2) is 47.5 Å². The Morgan fingerprint density at radius 3 is 2.12 bits per heavy atom. The van der Waals surface area contributed by atoms with Gasteiger partial charge in [0.05, 0.1) is 11.4 Å². The summed E-state index contributed by atoms with van der Waals surface area (Å²) in [5.41, 5.74) is 8.75. The molecule has 1 aliphatic rings. The Labute approximate surface area is 238 Å². The molecule has 42 heavy (non-hydrogen) atoms. The second-order valence-electron chi connectivity index (χ2n) is 10.6. The molecule has 0 fully saturated rings. The van der Waals surface area contributed by atoms with Crippen LogP contribution in [0.3, 0.4) is 0 Å². The van der Waals surface area contributed by atoms with E-state index in [-0.39, 0.29) is 5.92 Å². The summed E-state index contributed by atoms with van der Waals surface area (Å²) >= 11 is 0. The van der Waals surface area contributed by atoms with Crippen molar-refractivity contribution >= 4 is 29.1 Å². The molecule has 13 heteroatoms. The number of hydrogen-bond donors (Lipinski definition) is 3. The molecule has 0 spiro atoms. The van der Waals surface area contributed by atoms with Crippen molar-refractivity contribution in [3.63, 3.8) is 0 Å². The van der Waals surface area contributed by atoms with Crippen molar-refractivity contribution in [2.45, 2.75) is 70.9 Å². The lowest BCUT2D eigenvalue weighted by molar-refractivity contribution is -0.152. The summed E-state index contributed by atoms with van der Waals surface area (Å²) in [4.78, 5) is 43.4. The maximum atomic E-state index is 13.4. The maximum Gasteiger partial charge on any atom is 0.389 e. The minimum absolute atomic E-state index is 0.0399. The van der Waals surface area contributed by atoms with Crippen molar-refractivity contribution in [3.8, 4) is 0 Å². The number of carbonyl (C=O) groups excluding carboxylic acids is 3. The molecule has 0 saturated carbocycles. The van der Waals surface area contributed by atoms with Gasteiger partial charge in [0.2, 0.25) is 18.0 Å². The number of para-hydroxylation sites is 1. The van der Waals surface area contributed by atoms with Crippen LogP contribution in [0.25, 0.3) is 0 Å². The van der Waals surface area contributed by atoms with Crippen molar-refractivity contribution in [2.24, 2.45) is 22.6 Å². The van der Waals surface area contributed by atoms with Crippen LogP contribution in [0.2, 0.25) is 0 Å². The molecule has 0 unspecified atom stereocenters. The van der Waals surface area contributed by atoms with Gasteiger partial charge in [0.15, 0.2) is 0 Å². The molecule has 1 heterocycles. The highest BCUT2D eigenvalue weighted by Gasteiger charge is 2.40. The van der Waals surface area contributed by atoms with E-state index in [4.69, 9.17) is 5.73 Å². The highest BCUT2D eigenvalue weighted by atomic mass is 19.4. The molecule has 1 aliphatic heterocycles. The molecule has 3 amide bonds. The fourth-order valence-corrected chi connectivity index (χ4v) is 4.89. The Balaban J connectivity index is 2.06. The van der Waals surface area contributed by atoms with Gasteiger partial charge >= 0.3 is 12.4 Å². The number of hydrogen-bond acceptors (Lipinski definition) is 4. The number of fused-ring (bicyclic) bond motifs is 1. The highest BCUT2D eigenvalue weighted by molar-refractivity contribution is 6.20. The number of benzene rings is 2. The standard InChI is InChI=1S/C29H32F6N4O3/c1-15(2)18-8-5-9-21-22(17-7-4-6-16(3)14-17)37-25(27(42)38-23(18)21)39-26(41)20(11-13-29(33,34)35)19(24(36)40)10-12-28(30,31)32/h4-9,14-15,19-20,25H,10-13H2,1-3H3,(H2,36,40)(H,38,42)(H,39,41)/t19-,20+,25-/m1/s1. The summed E-state index contributed by atoms with van der Waals surface area (Å²) in [6.45, 7) is 5.65. The Morgan fingerprint density at radius 2 is 1.57 bits per heavy atom. The molecule has 4 N–H and O–H groups in total. The molecule has 2 aromatic carbocycles. The average molecular weight is 599 g/mol. The zero-order valence-corrected chi connectivity index (χ0v) is 23.2. The van der Waals surface area contributed by atoms with Crippen molar-refractivity contribution in [1.82, 2.24) is 5.32 Å². The van der Waals surface area contributed by atoms with Gasteiger partial charge in [-0.15, -0.1) is 0 Å². The molecule has 0 bridgehead atoms. The predicted octanol–water partition coefficient (Wildman–Crippen LogP) is 5.75. The van der Waals surface area contributed by atoms with Gasteiger partial charge in [-0.25, -0.2) is 4.99 Å². The molecule has 228 valence electrons. The van der Waals surface area contributed by atoms with Gasteiger partial charge in [-0.05, 0) is 37.3 Å². The van der Waals surface area contributed by atoms with Crippen LogP contribution in [-0.4, -0.2) is 42.0 Å². The first-order valence-corrected chi connectivity index (χ1v) is 13.3. The van der Waals surface area contributed by atoms with Crippen molar-refractivity contribution in [3.05, 3.63) is 64.7 Å². The van der Waals surface area contributed by atoms with E-state index >= 15 is 0 Å².